The Hall–Kier alpha value is -2.29. The molecule has 0 aromatic heterocycles. The molecule has 0 atom stereocenters. The van der Waals surface area contributed by atoms with Gasteiger partial charge >= 0.3 is 6.36 Å². The molecule has 0 unspecified atom stereocenters. The van der Waals surface area contributed by atoms with Crippen LogP contribution in [0.4, 0.5) is 13.2 Å². The normalized spacial score (nSPS) is 19.9. The van der Waals surface area contributed by atoms with Crippen LogP contribution < -0.4 is 10.5 Å². The number of piperidine rings is 1. The van der Waals surface area contributed by atoms with E-state index in [2.05, 4.69) is 9.64 Å². The summed E-state index contributed by atoms with van der Waals surface area (Å²) < 4.78 is 40.7. The summed E-state index contributed by atoms with van der Waals surface area (Å²) in [4.78, 5) is 27.4. The van der Waals surface area contributed by atoms with Gasteiger partial charge in [0.15, 0.2) is 0 Å². The van der Waals surface area contributed by atoms with Crippen LogP contribution in [-0.4, -0.2) is 60.2 Å². The fourth-order valence-corrected chi connectivity index (χ4v) is 3.41. The highest BCUT2D eigenvalue weighted by atomic mass is 19.4. The van der Waals surface area contributed by atoms with E-state index in [0.29, 0.717) is 13.1 Å². The van der Waals surface area contributed by atoms with Crippen LogP contribution in [0.3, 0.4) is 0 Å². The summed E-state index contributed by atoms with van der Waals surface area (Å²) >= 11 is 0. The molecule has 2 saturated heterocycles. The molecule has 2 N–H and O–H groups in total. The number of carbonyl (C=O) groups is 2. The fraction of sp³-hybridized carbons (Fsp3) is 0.529. The average molecular weight is 371 g/mol. The zero-order valence-electron chi connectivity index (χ0n) is 14.0. The number of rotatable bonds is 4. The van der Waals surface area contributed by atoms with Crippen molar-refractivity contribution in [3.63, 3.8) is 0 Å². The van der Waals surface area contributed by atoms with Crippen molar-refractivity contribution in [2.45, 2.75) is 25.2 Å². The van der Waals surface area contributed by atoms with Gasteiger partial charge in [-0.1, -0.05) is 6.07 Å². The van der Waals surface area contributed by atoms with Gasteiger partial charge in [-0.05, 0) is 44.1 Å². The monoisotopic (exact) mass is 371 g/mol. The predicted molar refractivity (Wildman–Crippen MR) is 86.3 cm³/mol. The van der Waals surface area contributed by atoms with E-state index in [4.69, 9.17) is 5.73 Å². The predicted octanol–water partition coefficient (Wildman–Crippen LogP) is 1.61. The van der Waals surface area contributed by atoms with Crippen molar-refractivity contribution in [2.24, 2.45) is 11.7 Å². The minimum Gasteiger partial charge on any atom is -0.406 e. The number of carbonyl (C=O) groups excluding carboxylic acids is 2. The molecule has 0 radical (unpaired) electrons. The van der Waals surface area contributed by atoms with Gasteiger partial charge in [0.25, 0.3) is 5.91 Å². The standard InChI is InChI=1S/C17H20F3N3O3/c18-17(19,20)26-14-3-1-2-12(8-14)16(25)23-9-13(10-23)22-6-4-11(5-7-22)15(21)24/h1-3,8,11,13H,4-7,9-10H2,(H2,21,24). The lowest BCUT2D eigenvalue weighted by atomic mass is 9.93. The van der Waals surface area contributed by atoms with Crippen LogP contribution in [0.15, 0.2) is 24.3 Å². The lowest BCUT2D eigenvalue weighted by molar-refractivity contribution is -0.274. The number of nitrogens with two attached hydrogens (primary N) is 1. The number of hydrogen-bond acceptors (Lipinski definition) is 4. The second-order valence-corrected chi connectivity index (χ2v) is 6.65. The number of primary amides is 1. The molecule has 2 amide bonds. The van der Waals surface area contributed by atoms with E-state index in [1.54, 1.807) is 4.90 Å². The van der Waals surface area contributed by atoms with Crippen molar-refractivity contribution in [1.82, 2.24) is 9.80 Å². The molecule has 2 heterocycles. The zero-order chi connectivity index (χ0) is 18.9. The van der Waals surface area contributed by atoms with Crippen molar-refractivity contribution in [3.8, 4) is 5.75 Å². The van der Waals surface area contributed by atoms with E-state index in [1.807, 2.05) is 0 Å². The highest BCUT2D eigenvalue weighted by Crippen LogP contribution is 2.26. The minimum atomic E-state index is -4.79. The SMILES string of the molecule is NC(=O)C1CCN(C2CN(C(=O)c3cccc(OC(F)(F)F)c3)C2)CC1. The summed E-state index contributed by atoms with van der Waals surface area (Å²) in [6.07, 6.45) is -3.35. The van der Waals surface area contributed by atoms with E-state index in [0.717, 1.165) is 38.1 Å². The fourth-order valence-electron chi connectivity index (χ4n) is 3.41. The van der Waals surface area contributed by atoms with Gasteiger partial charge in [-0.25, -0.2) is 0 Å². The lowest BCUT2D eigenvalue weighted by Gasteiger charge is -2.47. The van der Waals surface area contributed by atoms with Gasteiger partial charge in [-0.3, -0.25) is 14.5 Å². The van der Waals surface area contributed by atoms with Crippen LogP contribution >= 0.6 is 0 Å². The molecule has 1 aromatic rings. The Morgan fingerprint density at radius 1 is 1.15 bits per heavy atom. The first-order valence-electron chi connectivity index (χ1n) is 8.41. The molecular formula is C17H20F3N3O3. The summed E-state index contributed by atoms with van der Waals surface area (Å²) in [6.45, 7) is 2.55. The maximum atomic E-state index is 12.4. The maximum Gasteiger partial charge on any atom is 0.573 e. The molecule has 9 heteroatoms. The third kappa shape index (κ3) is 4.27. The molecule has 142 valence electrons. The van der Waals surface area contributed by atoms with Crippen molar-refractivity contribution in [1.29, 1.82) is 0 Å². The largest absolute Gasteiger partial charge is 0.573 e. The molecule has 2 aliphatic heterocycles. The van der Waals surface area contributed by atoms with Crippen LogP contribution in [0.5, 0.6) is 5.75 Å². The molecule has 6 nitrogen and oxygen atoms in total. The molecule has 26 heavy (non-hydrogen) atoms. The van der Waals surface area contributed by atoms with Crippen molar-refractivity contribution in [2.75, 3.05) is 26.2 Å². The number of hydrogen-bond donors (Lipinski definition) is 1. The summed E-state index contributed by atoms with van der Waals surface area (Å²) in [6, 6.07) is 5.30. The number of amides is 2. The molecule has 0 bridgehead atoms. The quantitative estimate of drug-likeness (QED) is 0.873. The molecular weight excluding hydrogens is 351 g/mol. The molecule has 2 fully saturated rings. The van der Waals surface area contributed by atoms with Crippen LogP contribution in [-0.2, 0) is 4.79 Å². The van der Waals surface area contributed by atoms with Gasteiger partial charge in [0, 0.05) is 30.6 Å². The van der Waals surface area contributed by atoms with E-state index in [1.165, 1.54) is 12.1 Å². The zero-order valence-corrected chi connectivity index (χ0v) is 14.0. The highest BCUT2D eigenvalue weighted by Gasteiger charge is 2.37. The van der Waals surface area contributed by atoms with Gasteiger partial charge in [-0.2, -0.15) is 0 Å². The number of nitrogens with zero attached hydrogens (tertiary/aromatic N) is 2. The Kier molecular flexibility index (Phi) is 5.08. The first kappa shape index (κ1) is 18.5. The lowest BCUT2D eigenvalue weighted by Crippen LogP contribution is -2.62. The molecule has 1 aromatic carbocycles. The van der Waals surface area contributed by atoms with Gasteiger partial charge < -0.3 is 15.4 Å². The van der Waals surface area contributed by atoms with Gasteiger partial charge in [0.2, 0.25) is 5.91 Å². The van der Waals surface area contributed by atoms with Crippen molar-refractivity contribution >= 4 is 11.8 Å². The topological polar surface area (TPSA) is 75.9 Å². The first-order chi connectivity index (χ1) is 12.2. The van der Waals surface area contributed by atoms with Crippen LogP contribution in [0.1, 0.15) is 23.2 Å². The summed E-state index contributed by atoms with van der Waals surface area (Å²) in [5.41, 5.74) is 5.49. The Morgan fingerprint density at radius 3 is 2.38 bits per heavy atom. The third-order valence-electron chi connectivity index (χ3n) is 4.91. The molecule has 0 aliphatic carbocycles. The van der Waals surface area contributed by atoms with Gasteiger partial charge in [0.1, 0.15) is 5.75 Å². The second-order valence-electron chi connectivity index (χ2n) is 6.65. The molecule has 0 saturated carbocycles. The second kappa shape index (κ2) is 7.14. The van der Waals surface area contributed by atoms with E-state index < -0.39 is 12.1 Å². The van der Waals surface area contributed by atoms with Gasteiger partial charge in [-0.15, -0.1) is 13.2 Å². The summed E-state index contributed by atoms with van der Waals surface area (Å²) in [7, 11) is 0. The minimum absolute atomic E-state index is 0.0829. The Balaban J connectivity index is 1.52. The van der Waals surface area contributed by atoms with E-state index in [-0.39, 0.29) is 29.3 Å². The van der Waals surface area contributed by atoms with Gasteiger partial charge in [0.05, 0.1) is 0 Å². The summed E-state index contributed by atoms with van der Waals surface area (Å²) in [5, 5.41) is 0. The number of alkyl halides is 3. The van der Waals surface area contributed by atoms with Crippen LogP contribution in [0.2, 0.25) is 0 Å². The van der Waals surface area contributed by atoms with E-state index in [9.17, 15) is 22.8 Å². The van der Waals surface area contributed by atoms with Crippen molar-refractivity contribution < 1.29 is 27.5 Å². The number of benzene rings is 1. The summed E-state index contributed by atoms with van der Waals surface area (Å²) in [5.74, 6) is -1.08. The smallest absolute Gasteiger partial charge is 0.406 e. The van der Waals surface area contributed by atoms with E-state index >= 15 is 0 Å². The molecule has 3 rings (SSSR count). The first-order valence-corrected chi connectivity index (χ1v) is 8.41. The highest BCUT2D eigenvalue weighted by molar-refractivity contribution is 5.95. The molecule has 2 aliphatic rings. The number of halogens is 3. The molecule has 0 spiro atoms. The Morgan fingerprint density at radius 2 is 1.81 bits per heavy atom. The average Bonchev–Trinajstić information content (AvgIpc) is 2.52. The Labute approximate surface area is 148 Å². The maximum absolute atomic E-state index is 12.4. The van der Waals surface area contributed by atoms with Crippen molar-refractivity contribution in [3.05, 3.63) is 29.8 Å². The number of ether oxygens (including phenoxy) is 1. The van der Waals surface area contributed by atoms with Crippen LogP contribution in [0.25, 0.3) is 0 Å². The Bertz CT molecular complexity index is 681. The third-order valence-corrected chi connectivity index (χ3v) is 4.91. The van der Waals surface area contributed by atoms with Crippen LogP contribution in [0, 0.1) is 5.92 Å². The number of likely N-dealkylation sites (tertiary alicyclic amines) is 2.